The van der Waals surface area contributed by atoms with Crippen LogP contribution in [-0.4, -0.2) is 71.8 Å². The van der Waals surface area contributed by atoms with E-state index in [1.165, 1.54) is 18.3 Å². The molecule has 1 aliphatic heterocycles. The van der Waals surface area contributed by atoms with Gasteiger partial charge in [-0.2, -0.15) is 26.3 Å². The number of thiocarbonyl (C=S) groups is 1. The minimum absolute atomic E-state index is 0.0330. The van der Waals surface area contributed by atoms with Crippen LogP contribution in [-0.2, 0) is 21.9 Å². The van der Waals surface area contributed by atoms with Gasteiger partial charge < -0.3 is 19.9 Å². The fourth-order valence-electron chi connectivity index (χ4n) is 4.96. The molecule has 1 saturated heterocycles. The summed E-state index contributed by atoms with van der Waals surface area (Å²) in [6.45, 7) is 2.64. The van der Waals surface area contributed by atoms with Crippen molar-refractivity contribution in [1.82, 2.24) is 9.88 Å². The third-order valence-corrected chi connectivity index (χ3v) is 7.56. The van der Waals surface area contributed by atoms with Gasteiger partial charge in [-0.05, 0) is 49.9 Å². The normalized spacial score (nSPS) is 20.1. The number of aromatic nitrogens is 1. The largest absolute Gasteiger partial charge is 0.433 e. The zero-order chi connectivity index (χ0) is 29.8. The van der Waals surface area contributed by atoms with Crippen LogP contribution in [0.2, 0.25) is 0 Å². The average Bonchev–Trinajstić information content (AvgIpc) is 2.95. The summed E-state index contributed by atoms with van der Waals surface area (Å²) in [7, 11) is 0.997. The molecule has 4 rings (SSSR count). The Labute approximate surface area is 238 Å². The number of pyridine rings is 1. The fourth-order valence-corrected chi connectivity index (χ4v) is 5.21. The molecule has 0 atom stereocenters. The Morgan fingerprint density at radius 2 is 1.71 bits per heavy atom. The lowest BCUT2D eigenvalue weighted by Gasteiger charge is -2.37. The average molecular weight is 607 g/mol. The summed E-state index contributed by atoms with van der Waals surface area (Å²) in [5.74, 6) is 0. The van der Waals surface area contributed by atoms with Crippen molar-refractivity contribution < 1.29 is 40.8 Å². The van der Waals surface area contributed by atoms with Crippen molar-refractivity contribution in [3.05, 3.63) is 52.7 Å². The maximum Gasteiger partial charge on any atom is 0.433 e. The number of piperazine rings is 1. The van der Waals surface area contributed by atoms with Gasteiger partial charge in [-0.3, -0.25) is 0 Å². The molecule has 0 unspecified atom stereocenters. The maximum absolute atomic E-state index is 13.5. The summed E-state index contributed by atoms with van der Waals surface area (Å²) >= 11 is 5.55. The quantitative estimate of drug-likeness (QED) is 0.224. The van der Waals surface area contributed by atoms with E-state index in [0.717, 1.165) is 25.3 Å². The standard InChI is InChI=1S/C26H30F6N5O3S/c1-39-37(38)22-8-4-18(14-21(22)25(27,28)29)34-17-2-6-20(7-3-17)40-16-24(41)36-12-10-35(11-13-36)19-5-9-23(33-15-19)26(30,31)32/h4-5,8-9,14-15,17,20,34H,2-3,6-7,10-13,16H2,1H3/q+1. The fraction of sp³-hybridized carbons (Fsp3) is 0.538. The molecule has 2 fully saturated rings. The first-order valence-corrected chi connectivity index (χ1v) is 13.4. The van der Waals surface area contributed by atoms with E-state index >= 15 is 0 Å². The van der Waals surface area contributed by atoms with Gasteiger partial charge in [0.25, 0.3) is 4.92 Å². The second-order valence-corrected chi connectivity index (χ2v) is 10.3. The van der Waals surface area contributed by atoms with Gasteiger partial charge in [-0.1, -0.05) is 12.2 Å². The number of hydrogen-bond acceptors (Lipinski definition) is 7. The van der Waals surface area contributed by atoms with E-state index in [1.807, 2.05) is 9.80 Å². The van der Waals surface area contributed by atoms with Crippen molar-refractivity contribution in [3.8, 4) is 0 Å². The number of ether oxygens (including phenoxy) is 1. The van der Waals surface area contributed by atoms with Crippen LogP contribution < -0.4 is 10.2 Å². The number of benzene rings is 1. The third kappa shape index (κ3) is 7.97. The van der Waals surface area contributed by atoms with Gasteiger partial charge >= 0.3 is 18.0 Å². The molecule has 2 heterocycles. The van der Waals surface area contributed by atoms with Crippen LogP contribution in [0, 0.1) is 4.91 Å². The number of alkyl halides is 6. The molecule has 224 valence electrons. The van der Waals surface area contributed by atoms with E-state index in [2.05, 4.69) is 15.1 Å². The number of nitrogens with zero attached hydrogens (tertiary/aromatic N) is 4. The van der Waals surface area contributed by atoms with Gasteiger partial charge in [-0.25, -0.2) is 9.82 Å². The van der Waals surface area contributed by atoms with Gasteiger partial charge in [0.15, 0.2) is 7.11 Å². The second kappa shape index (κ2) is 12.8. The molecule has 8 nitrogen and oxygen atoms in total. The summed E-state index contributed by atoms with van der Waals surface area (Å²) in [6.07, 6.45) is -5.21. The number of nitrogens with one attached hydrogen (secondary N) is 1. The third-order valence-electron chi connectivity index (χ3n) is 7.19. The van der Waals surface area contributed by atoms with Crippen molar-refractivity contribution in [3.63, 3.8) is 0 Å². The molecule has 2 aromatic rings. The maximum atomic E-state index is 13.5. The summed E-state index contributed by atoms with van der Waals surface area (Å²) in [5.41, 5.74) is -1.73. The van der Waals surface area contributed by atoms with Gasteiger partial charge in [0.2, 0.25) is 0 Å². The Morgan fingerprint density at radius 3 is 2.27 bits per heavy atom. The highest BCUT2D eigenvalue weighted by atomic mass is 32.1. The molecule has 1 aromatic carbocycles. The first kappa shape index (κ1) is 30.8. The first-order valence-electron chi connectivity index (χ1n) is 13.0. The van der Waals surface area contributed by atoms with Crippen LogP contribution >= 0.6 is 12.2 Å². The predicted octanol–water partition coefficient (Wildman–Crippen LogP) is 5.98. The number of halogens is 6. The molecule has 1 aliphatic carbocycles. The zero-order valence-corrected chi connectivity index (χ0v) is 23.0. The zero-order valence-electron chi connectivity index (χ0n) is 22.2. The van der Waals surface area contributed by atoms with Crippen LogP contribution in [0.15, 0.2) is 36.5 Å². The van der Waals surface area contributed by atoms with Crippen LogP contribution in [0.25, 0.3) is 0 Å². The summed E-state index contributed by atoms with van der Waals surface area (Å²) < 4.78 is 84.7. The molecule has 41 heavy (non-hydrogen) atoms. The Kier molecular flexibility index (Phi) is 9.57. The summed E-state index contributed by atoms with van der Waals surface area (Å²) in [4.78, 5) is 24.0. The van der Waals surface area contributed by atoms with Crippen LogP contribution in [0.3, 0.4) is 0 Å². The Bertz CT molecular complexity index is 1210. The van der Waals surface area contributed by atoms with E-state index in [-0.39, 0.29) is 29.4 Å². The lowest BCUT2D eigenvalue weighted by molar-refractivity contribution is -0.737. The minimum Gasteiger partial charge on any atom is -0.382 e. The topological polar surface area (TPSA) is 69.9 Å². The molecule has 1 N–H and O–H groups in total. The molecule has 1 saturated carbocycles. The molecular weight excluding hydrogens is 576 g/mol. The van der Waals surface area contributed by atoms with E-state index in [9.17, 15) is 31.2 Å². The summed E-state index contributed by atoms with van der Waals surface area (Å²) in [6, 6.07) is 5.76. The van der Waals surface area contributed by atoms with Crippen LogP contribution in [0.1, 0.15) is 36.9 Å². The molecule has 15 heteroatoms. The van der Waals surface area contributed by atoms with Crippen molar-refractivity contribution in [2.45, 2.75) is 50.2 Å². The summed E-state index contributed by atoms with van der Waals surface area (Å²) in [5, 5.41) is 3.13. The molecule has 0 spiro atoms. The van der Waals surface area contributed by atoms with Crippen molar-refractivity contribution in [2.75, 3.05) is 50.1 Å². The lowest BCUT2D eigenvalue weighted by atomic mass is 9.92. The van der Waals surface area contributed by atoms with Crippen LogP contribution in [0.4, 0.5) is 43.4 Å². The van der Waals surface area contributed by atoms with E-state index in [0.29, 0.717) is 62.5 Å². The molecule has 2 aliphatic rings. The van der Waals surface area contributed by atoms with Crippen molar-refractivity contribution in [2.24, 2.45) is 0 Å². The Morgan fingerprint density at radius 1 is 1.02 bits per heavy atom. The number of hydrogen-bond donors (Lipinski definition) is 1. The van der Waals surface area contributed by atoms with Gasteiger partial charge in [-0.15, -0.1) is 0 Å². The number of rotatable bonds is 8. The highest BCUT2D eigenvalue weighted by Gasteiger charge is 2.41. The Balaban J connectivity index is 1.20. The van der Waals surface area contributed by atoms with E-state index in [4.69, 9.17) is 17.0 Å². The highest BCUT2D eigenvalue weighted by Crippen LogP contribution is 2.38. The van der Waals surface area contributed by atoms with Crippen molar-refractivity contribution in [1.29, 1.82) is 0 Å². The minimum atomic E-state index is -4.72. The Hall–Kier alpha value is -3.20. The highest BCUT2D eigenvalue weighted by molar-refractivity contribution is 7.80. The molecular formula is C26H30F6N5O3S+. The molecule has 0 amide bonds. The SMILES string of the molecule is CO[N+](=O)c1ccc(NC2CCC(OCC(=S)N3CCN(c4ccc(C(F)(F)F)nc4)CC3)CC2)cc1C(F)(F)F. The molecule has 0 radical (unpaired) electrons. The van der Waals surface area contributed by atoms with Crippen molar-refractivity contribution >= 4 is 34.3 Å². The number of anilines is 2. The second-order valence-electron chi connectivity index (χ2n) is 9.87. The molecule has 0 bridgehead atoms. The van der Waals surface area contributed by atoms with Gasteiger partial charge in [0.1, 0.15) is 16.2 Å². The smallest absolute Gasteiger partial charge is 0.382 e. The first-order chi connectivity index (χ1) is 19.3. The predicted molar refractivity (Wildman–Crippen MR) is 143 cm³/mol. The van der Waals surface area contributed by atoms with E-state index in [1.54, 1.807) is 0 Å². The van der Waals surface area contributed by atoms with Crippen LogP contribution in [0.5, 0.6) is 0 Å². The van der Waals surface area contributed by atoms with Gasteiger partial charge in [0.05, 0.1) is 29.5 Å². The van der Waals surface area contributed by atoms with E-state index < -0.39 is 29.3 Å². The molecule has 1 aromatic heterocycles. The van der Waals surface area contributed by atoms with Gasteiger partial charge in [0, 0.05) is 44.0 Å². The lowest BCUT2D eigenvalue weighted by Crippen LogP contribution is -2.49. The monoisotopic (exact) mass is 606 g/mol.